The molecule has 230 valence electrons. The molecule has 2 aliphatic carbocycles. The summed E-state index contributed by atoms with van der Waals surface area (Å²) in [6.45, 7) is 15.9. The average molecular weight is 575 g/mol. The molecule has 0 aromatic carbocycles. The standard InChI is InChI=1S/C31H50N4O6/c1-8-13-22(26(36)28(38)32-16-9-2)33-27(37)25-23-21(31(23,6)7)17-35(25)29(39)24(20-14-11-10-12-15-20)34-30(40)41-19(5)18(3)4/h9,18-25H,2,8,10-17H2,1,3-7H3,(H,32,38)(H,33,37)(H,34,40)/t19?,21?,22?,23-,24-,25-/m0/s1. The number of alkyl carbamates (subject to hydrolysis) is 1. The van der Waals surface area contributed by atoms with Crippen molar-refractivity contribution in [3.05, 3.63) is 12.7 Å². The number of ether oxygens (including phenoxy) is 1. The van der Waals surface area contributed by atoms with Gasteiger partial charge >= 0.3 is 6.09 Å². The fraction of sp³-hybridized carbons (Fsp3) is 0.774. The van der Waals surface area contributed by atoms with Crippen molar-refractivity contribution in [2.24, 2.45) is 29.1 Å². The van der Waals surface area contributed by atoms with E-state index in [0.29, 0.717) is 19.4 Å². The highest BCUT2D eigenvalue weighted by atomic mass is 16.6. The fourth-order valence-electron chi connectivity index (χ4n) is 6.53. The quantitative estimate of drug-likeness (QED) is 0.228. The van der Waals surface area contributed by atoms with Gasteiger partial charge in [-0.2, -0.15) is 0 Å². The minimum Gasteiger partial charge on any atom is -0.446 e. The van der Waals surface area contributed by atoms with Crippen LogP contribution in [0.15, 0.2) is 12.7 Å². The van der Waals surface area contributed by atoms with E-state index in [9.17, 15) is 24.0 Å². The summed E-state index contributed by atoms with van der Waals surface area (Å²) in [5.74, 6) is -2.05. The highest BCUT2D eigenvalue weighted by molar-refractivity contribution is 6.38. The summed E-state index contributed by atoms with van der Waals surface area (Å²) in [6, 6.07) is -2.57. The Morgan fingerprint density at radius 1 is 1.05 bits per heavy atom. The maximum atomic E-state index is 14.2. The zero-order valence-electron chi connectivity index (χ0n) is 25.7. The molecule has 6 atom stereocenters. The molecule has 0 bridgehead atoms. The summed E-state index contributed by atoms with van der Waals surface area (Å²) < 4.78 is 5.56. The lowest BCUT2D eigenvalue weighted by Gasteiger charge is -2.37. The monoisotopic (exact) mass is 574 g/mol. The Labute approximate surface area is 244 Å². The number of ketones is 1. The number of carbonyl (C=O) groups excluding carboxylic acids is 5. The number of carbonyl (C=O) groups is 5. The van der Waals surface area contributed by atoms with Crippen LogP contribution in [0.1, 0.15) is 86.5 Å². The third kappa shape index (κ3) is 7.49. The number of nitrogens with zero attached hydrogens (tertiary/aromatic N) is 1. The Hall–Kier alpha value is -2.91. The molecule has 1 saturated heterocycles. The number of rotatable bonds is 13. The largest absolute Gasteiger partial charge is 0.446 e. The summed E-state index contributed by atoms with van der Waals surface area (Å²) in [5, 5.41) is 8.17. The predicted molar refractivity (Wildman–Crippen MR) is 156 cm³/mol. The first-order valence-corrected chi connectivity index (χ1v) is 15.4. The van der Waals surface area contributed by atoms with Crippen LogP contribution >= 0.6 is 0 Å². The summed E-state index contributed by atoms with van der Waals surface area (Å²) in [5.41, 5.74) is -0.135. The molecule has 3 rings (SSSR count). The van der Waals surface area contributed by atoms with Crippen LogP contribution in [0.25, 0.3) is 0 Å². The van der Waals surface area contributed by atoms with E-state index in [-0.39, 0.29) is 47.6 Å². The Morgan fingerprint density at radius 3 is 2.29 bits per heavy atom. The maximum absolute atomic E-state index is 14.2. The maximum Gasteiger partial charge on any atom is 0.408 e. The van der Waals surface area contributed by atoms with Crippen LogP contribution in [-0.2, 0) is 23.9 Å². The van der Waals surface area contributed by atoms with E-state index in [1.54, 1.807) is 4.90 Å². The molecule has 2 saturated carbocycles. The van der Waals surface area contributed by atoms with Crippen molar-refractivity contribution in [3.63, 3.8) is 0 Å². The van der Waals surface area contributed by atoms with Crippen molar-refractivity contribution in [1.29, 1.82) is 0 Å². The molecule has 4 amide bonds. The van der Waals surface area contributed by atoms with Gasteiger partial charge in [0, 0.05) is 13.1 Å². The van der Waals surface area contributed by atoms with Gasteiger partial charge < -0.3 is 25.6 Å². The summed E-state index contributed by atoms with van der Waals surface area (Å²) in [7, 11) is 0. The van der Waals surface area contributed by atoms with Gasteiger partial charge in [-0.05, 0) is 55.3 Å². The minimum absolute atomic E-state index is 0.0465. The molecule has 0 aromatic heterocycles. The minimum atomic E-state index is -0.991. The van der Waals surface area contributed by atoms with Crippen LogP contribution in [0.5, 0.6) is 0 Å². The Morgan fingerprint density at radius 2 is 1.71 bits per heavy atom. The molecule has 10 heteroatoms. The molecule has 3 aliphatic rings. The molecule has 3 fully saturated rings. The van der Waals surface area contributed by atoms with Gasteiger partial charge in [-0.3, -0.25) is 19.2 Å². The molecule has 10 nitrogen and oxygen atoms in total. The van der Waals surface area contributed by atoms with Gasteiger partial charge in [0.25, 0.3) is 5.91 Å². The SMILES string of the molecule is C=CCNC(=O)C(=O)C(CCC)NC(=O)[C@@H]1[C@@H]2C(CN1C(=O)[C@@H](NC(=O)OC(C)C(C)C)C1CCCCC1)C2(C)C. The molecule has 3 unspecified atom stereocenters. The van der Waals surface area contributed by atoms with E-state index in [2.05, 4.69) is 36.4 Å². The Bertz CT molecular complexity index is 1000. The van der Waals surface area contributed by atoms with E-state index in [0.717, 1.165) is 32.1 Å². The van der Waals surface area contributed by atoms with Crippen molar-refractivity contribution < 1.29 is 28.7 Å². The number of amides is 4. The lowest BCUT2D eigenvalue weighted by atomic mass is 9.83. The molecule has 1 heterocycles. The van der Waals surface area contributed by atoms with Gasteiger partial charge in [-0.25, -0.2) is 4.79 Å². The molecule has 0 aromatic rings. The van der Waals surface area contributed by atoms with Crippen LogP contribution in [0, 0.1) is 29.1 Å². The summed E-state index contributed by atoms with van der Waals surface area (Å²) in [6.07, 6.45) is 6.09. The molecule has 0 spiro atoms. The normalized spacial score (nSPS) is 25.3. The van der Waals surface area contributed by atoms with Crippen LogP contribution in [0.4, 0.5) is 4.79 Å². The van der Waals surface area contributed by atoms with Gasteiger partial charge in [0.05, 0.1) is 6.04 Å². The third-order valence-electron chi connectivity index (χ3n) is 9.49. The van der Waals surface area contributed by atoms with Gasteiger partial charge in [-0.1, -0.05) is 66.4 Å². The summed E-state index contributed by atoms with van der Waals surface area (Å²) in [4.78, 5) is 67.8. The topological polar surface area (TPSA) is 134 Å². The van der Waals surface area contributed by atoms with Gasteiger partial charge in [0.1, 0.15) is 18.2 Å². The van der Waals surface area contributed by atoms with Crippen molar-refractivity contribution >= 4 is 29.6 Å². The van der Waals surface area contributed by atoms with Crippen LogP contribution in [0.3, 0.4) is 0 Å². The number of piperidine rings is 1. The Kier molecular flexibility index (Phi) is 11.0. The van der Waals surface area contributed by atoms with Crippen molar-refractivity contribution in [3.8, 4) is 0 Å². The lowest BCUT2D eigenvalue weighted by molar-refractivity contribution is -0.145. The first-order valence-electron chi connectivity index (χ1n) is 15.4. The Balaban J connectivity index is 1.83. The average Bonchev–Trinajstić information content (AvgIpc) is 3.25. The zero-order chi connectivity index (χ0) is 30.5. The fourth-order valence-corrected chi connectivity index (χ4v) is 6.53. The smallest absolute Gasteiger partial charge is 0.408 e. The second kappa shape index (κ2) is 13.8. The first-order chi connectivity index (χ1) is 19.3. The summed E-state index contributed by atoms with van der Waals surface area (Å²) >= 11 is 0. The number of fused-ring (bicyclic) bond motifs is 1. The molecule has 0 radical (unpaired) electrons. The van der Waals surface area contributed by atoms with E-state index >= 15 is 0 Å². The third-order valence-corrected chi connectivity index (χ3v) is 9.49. The van der Waals surface area contributed by atoms with Crippen molar-refractivity contribution in [2.45, 2.75) is 111 Å². The number of Topliss-reactive ketones (excluding diaryl/α,β-unsaturated/α-hetero) is 1. The van der Waals surface area contributed by atoms with Crippen LogP contribution in [0.2, 0.25) is 0 Å². The van der Waals surface area contributed by atoms with Crippen LogP contribution in [-0.4, -0.2) is 71.8 Å². The van der Waals surface area contributed by atoms with Gasteiger partial charge in [0.2, 0.25) is 17.6 Å². The second-order valence-electron chi connectivity index (χ2n) is 13.0. The van der Waals surface area contributed by atoms with E-state index < -0.39 is 41.8 Å². The highest BCUT2D eigenvalue weighted by Crippen LogP contribution is 2.65. The van der Waals surface area contributed by atoms with Crippen molar-refractivity contribution in [1.82, 2.24) is 20.9 Å². The van der Waals surface area contributed by atoms with E-state index in [1.165, 1.54) is 6.08 Å². The molecule has 1 aliphatic heterocycles. The highest BCUT2D eigenvalue weighted by Gasteiger charge is 2.69. The zero-order valence-corrected chi connectivity index (χ0v) is 25.7. The first kappa shape index (κ1) is 32.6. The number of nitrogens with one attached hydrogen (secondary N) is 3. The number of hydrogen-bond donors (Lipinski definition) is 3. The molecular weight excluding hydrogens is 524 g/mol. The van der Waals surface area contributed by atoms with E-state index in [1.807, 2.05) is 27.7 Å². The van der Waals surface area contributed by atoms with Crippen LogP contribution < -0.4 is 16.0 Å². The molecular formula is C31H50N4O6. The van der Waals surface area contributed by atoms with Crippen molar-refractivity contribution in [2.75, 3.05) is 13.1 Å². The van der Waals surface area contributed by atoms with E-state index in [4.69, 9.17) is 4.74 Å². The molecule has 41 heavy (non-hydrogen) atoms. The van der Waals surface area contributed by atoms with Gasteiger partial charge in [0.15, 0.2) is 0 Å². The van der Waals surface area contributed by atoms with Gasteiger partial charge in [-0.15, -0.1) is 6.58 Å². The molecule has 3 N–H and O–H groups in total. The number of hydrogen-bond acceptors (Lipinski definition) is 6. The number of likely N-dealkylation sites (tertiary alicyclic amines) is 1. The lowest BCUT2D eigenvalue weighted by Crippen LogP contribution is -2.59. The predicted octanol–water partition coefficient (Wildman–Crippen LogP) is 3.35. The second-order valence-corrected chi connectivity index (χ2v) is 13.0.